The molecule has 156 valence electrons. The van der Waals surface area contributed by atoms with Crippen LogP contribution < -0.4 is 4.90 Å². The van der Waals surface area contributed by atoms with E-state index in [9.17, 15) is 4.79 Å². The lowest BCUT2D eigenvalue weighted by molar-refractivity contribution is 0.102. The van der Waals surface area contributed by atoms with Crippen LogP contribution in [0.1, 0.15) is 60.4 Å². The van der Waals surface area contributed by atoms with Gasteiger partial charge in [-0.05, 0) is 51.5 Å². The highest BCUT2D eigenvalue weighted by molar-refractivity contribution is 7.99. The summed E-state index contributed by atoms with van der Waals surface area (Å²) in [6.07, 6.45) is 6.64. The van der Waals surface area contributed by atoms with E-state index in [2.05, 4.69) is 37.7 Å². The molecular weight excluding hydrogens is 382 g/mol. The third-order valence-corrected chi connectivity index (χ3v) is 7.09. The highest BCUT2D eigenvalue weighted by Crippen LogP contribution is 2.41. The molecule has 1 saturated heterocycles. The molecule has 2 fully saturated rings. The first-order valence-corrected chi connectivity index (χ1v) is 11.6. The van der Waals surface area contributed by atoms with Crippen molar-refractivity contribution in [2.75, 3.05) is 23.7 Å². The number of anilines is 1. The van der Waals surface area contributed by atoms with Crippen LogP contribution in [0.4, 0.5) is 5.95 Å². The summed E-state index contributed by atoms with van der Waals surface area (Å²) in [6, 6.07) is 2.49. The number of carbonyl (C=O) groups excluding carboxylic acids is 1. The molecule has 2 aliphatic rings. The fourth-order valence-corrected chi connectivity index (χ4v) is 5.03. The number of aryl methyl sites for hydroxylation is 1. The van der Waals surface area contributed by atoms with E-state index in [1.54, 1.807) is 0 Å². The number of hydrogen-bond acceptors (Lipinski definition) is 5. The Balaban J connectivity index is 1.48. The predicted molar refractivity (Wildman–Crippen MR) is 118 cm³/mol. The van der Waals surface area contributed by atoms with E-state index in [0.717, 1.165) is 53.6 Å². The van der Waals surface area contributed by atoms with Gasteiger partial charge in [-0.2, -0.15) is 0 Å². The molecule has 3 heterocycles. The zero-order valence-corrected chi connectivity index (χ0v) is 18.5. The number of rotatable bonds is 8. The van der Waals surface area contributed by atoms with E-state index in [-0.39, 0.29) is 5.78 Å². The van der Waals surface area contributed by atoms with Crippen LogP contribution in [0, 0.1) is 19.8 Å². The first-order valence-electron chi connectivity index (χ1n) is 10.6. The summed E-state index contributed by atoms with van der Waals surface area (Å²) in [5, 5.41) is 9.89. The monoisotopic (exact) mass is 413 g/mol. The first-order chi connectivity index (χ1) is 14.0. The van der Waals surface area contributed by atoms with Crippen LogP contribution in [0.15, 0.2) is 23.9 Å². The second-order valence-electron chi connectivity index (χ2n) is 8.45. The summed E-state index contributed by atoms with van der Waals surface area (Å²) in [5.74, 6) is 2.33. The quantitative estimate of drug-likeness (QED) is 0.364. The second kappa shape index (κ2) is 8.38. The predicted octanol–water partition coefficient (Wildman–Crippen LogP) is 4.43. The molecule has 29 heavy (non-hydrogen) atoms. The lowest BCUT2D eigenvalue weighted by atomic mass is 10.00. The average molecular weight is 414 g/mol. The zero-order valence-electron chi connectivity index (χ0n) is 17.7. The summed E-state index contributed by atoms with van der Waals surface area (Å²) >= 11 is 1.52. The van der Waals surface area contributed by atoms with Gasteiger partial charge in [-0.25, -0.2) is 0 Å². The maximum atomic E-state index is 12.9. The number of ketones is 1. The van der Waals surface area contributed by atoms with Gasteiger partial charge in [0.2, 0.25) is 5.95 Å². The average Bonchev–Trinajstić information content (AvgIpc) is 3.40. The maximum Gasteiger partial charge on any atom is 0.228 e. The van der Waals surface area contributed by atoms with E-state index in [1.165, 1.54) is 37.4 Å². The Morgan fingerprint density at radius 2 is 1.97 bits per heavy atom. The normalized spacial score (nSPS) is 17.7. The minimum Gasteiger partial charge on any atom is -0.345 e. The van der Waals surface area contributed by atoms with Crippen molar-refractivity contribution < 1.29 is 4.79 Å². The van der Waals surface area contributed by atoms with Gasteiger partial charge < -0.3 is 9.47 Å². The Hall–Kier alpha value is -2.02. The van der Waals surface area contributed by atoms with Gasteiger partial charge in [0.05, 0.1) is 5.75 Å². The van der Waals surface area contributed by atoms with Crippen molar-refractivity contribution in [3.63, 3.8) is 0 Å². The number of aromatic nitrogens is 4. The molecule has 0 N–H and O–H groups in total. The SMILES string of the molecule is C=CCn1c(C)cc(C(=O)CSc2nnc(N3CCC(C)CC3)n2C2CC2)c1C. The molecular formula is C22H31N5OS. The molecule has 0 bridgehead atoms. The second-order valence-corrected chi connectivity index (χ2v) is 9.39. The lowest BCUT2D eigenvalue weighted by Gasteiger charge is -2.31. The Bertz CT molecular complexity index is 903. The van der Waals surface area contributed by atoms with Crippen molar-refractivity contribution in [1.82, 2.24) is 19.3 Å². The standard InChI is InChI=1S/C22H31N5OS/c1-5-10-26-16(3)13-19(17(26)4)20(28)14-29-22-24-23-21(27(22)18-6-7-18)25-11-8-15(2)9-12-25/h5,13,15,18H,1,6-12,14H2,2-4H3. The van der Waals surface area contributed by atoms with E-state index in [1.807, 2.05) is 26.0 Å². The van der Waals surface area contributed by atoms with Crippen LogP contribution in [-0.4, -0.2) is 44.0 Å². The number of thioether (sulfide) groups is 1. The van der Waals surface area contributed by atoms with Gasteiger partial charge in [0, 0.05) is 42.6 Å². The molecule has 0 spiro atoms. The molecule has 0 atom stereocenters. The van der Waals surface area contributed by atoms with Crippen molar-refractivity contribution in [3.05, 3.63) is 35.7 Å². The minimum absolute atomic E-state index is 0.150. The highest BCUT2D eigenvalue weighted by atomic mass is 32.2. The lowest BCUT2D eigenvalue weighted by Crippen LogP contribution is -2.34. The summed E-state index contributed by atoms with van der Waals surface area (Å²) in [4.78, 5) is 15.3. The summed E-state index contributed by atoms with van der Waals surface area (Å²) in [7, 11) is 0. The summed E-state index contributed by atoms with van der Waals surface area (Å²) < 4.78 is 4.42. The fourth-order valence-electron chi connectivity index (χ4n) is 4.15. The zero-order chi connectivity index (χ0) is 20.5. The molecule has 1 saturated carbocycles. The van der Waals surface area contributed by atoms with E-state index >= 15 is 0 Å². The number of piperidine rings is 1. The van der Waals surface area contributed by atoms with Crippen LogP contribution in [-0.2, 0) is 6.54 Å². The molecule has 2 aromatic heterocycles. The van der Waals surface area contributed by atoms with Crippen LogP contribution in [0.5, 0.6) is 0 Å². The van der Waals surface area contributed by atoms with Gasteiger partial charge in [-0.15, -0.1) is 16.8 Å². The molecule has 0 amide bonds. The molecule has 2 aromatic rings. The van der Waals surface area contributed by atoms with Crippen molar-refractivity contribution in [1.29, 1.82) is 0 Å². The number of allylic oxidation sites excluding steroid dienone is 1. The fraction of sp³-hybridized carbons (Fsp3) is 0.591. The Morgan fingerprint density at radius 3 is 2.62 bits per heavy atom. The van der Waals surface area contributed by atoms with Gasteiger partial charge in [0.25, 0.3) is 0 Å². The van der Waals surface area contributed by atoms with E-state index in [0.29, 0.717) is 11.8 Å². The molecule has 0 unspecified atom stereocenters. The van der Waals surface area contributed by atoms with Crippen molar-refractivity contribution in [3.8, 4) is 0 Å². The van der Waals surface area contributed by atoms with E-state index in [4.69, 9.17) is 0 Å². The van der Waals surface area contributed by atoms with Gasteiger partial charge in [0.15, 0.2) is 10.9 Å². The van der Waals surface area contributed by atoms with Crippen molar-refractivity contribution >= 4 is 23.5 Å². The van der Waals surface area contributed by atoms with Gasteiger partial charge >= 0.3 is 0 Å². The van der Waals surface area contributed by atoms with Crippen LogP contribution in [0.25, 0.3) is 0 Å². The van der Waals surface area contributed by atoms with Gasteiger partial charge in [-0.3, -0.25) is 9.36 Å². The third-order valence-electron chi connectivity index (χ3n) is 6.14. The van der Waals surface area contributed by atoms with Crippen LogP contribution >= 0.6 is 11.8 Å². The Labute approximate surface area is 177 Å². The van der Waals surface area contributed by atoms with Gasteiger partial charge in [-0.1, -0.05) is 24.8 Å². The number of Topliss-reactive ketones (excluding diaryl/α,β-unsaturated/α-hetero) is 1. The van der Waals surface area contributed by atoms with Crippen molar-refractivity contribution in [2.24, 2.45) is 5.92 Å². The Morgan fingerprint density at radius 1 is 1.24 bits per heavy atom. The smallest absolute Gasteiger partial charge is 0.228 e. The molecule has 1 aliphatic heterocycles. The van der Waals surface area contributed by atoms with E-state index < -0.39 is 0 Å². The maximum absolute atomic E-state index is 12.9. The molecule has 0 radical (unpaired) electrons. The summed E-state index contributed by atoms with van der Waals surface area (Å²) in [5.41, 5.74) is 2.91. The topological polar surface area (TPSA) is 56.0 Å². The first kappa shape index (κ1) is 20.3. The third kappa shape index (κ3) is 4.15. The number of hydrogen-bond donors (Lipinski definition) is 0. The molecule has 6 nitrogen and oxygen atoms in total. The number of nitrogens with zero attached hydrogens (tertiary/aromatic N) is 5. The highest BCUT2D eigenvalue weighted by Gasteiger charge is 2.32. The van der Waals surface area contributed by atoms with Crippen LogP contribution in [0.2, 0.25) is 0 Å². The molecule has 4 rings (SSSR count). The number of carbonyl (C=O) groups is 1. The van der Waals surface area contributed by atoms with Crippen LogP contribution in [0.3, 0.4) is 0 Å². The minimum atomic E-state index is 0.150. The largest absolute Gasteiger partial charge is 0.345 e. The molecule has 1 aliphatic carbocycles. The van der Waals surface area contributed by atoms with Gasteiger partial charge in [0.1, 0.15) is 0 Å². The molecule has 7 heteroatoms. The Kier molecular flexibility index (Phi) is 5.86. The van der Waals surface area contributed by atoms with Crippen molar-refractivity contribution in [2.45, 2.75) is 64.2 Å². The molecule has 0 aromatic carbocycles. The summed E-state index contributed by atoms with van der Waals surface area (Å²) in [6.45, 7) is 13.0.